The summed E-state index contributed by atoms with van der Waals surface area (Å²) in [5.74, 6) is 0. The normalized spacial score (nSPS) is 18.2. The summed E-state index contributed by atoms with van der Waals surface area (Å²) in [5.41, 5.74) is 0. The Hall–Kier alpha value is 0.114. The third kappa shape index (κ3) is 25.1. The average Bonchev–Trinajstić information content (AvgIpc) is 3.85. The molecule has 2 aliphatic rings. The molecule has 0 aromatic carbocycles. The molecule has 38 heavy (non-hydrogen) atoms. The topological polar surface area (TPSA) is 80.4 Å². The first-order chi connectivity index (χ1) is 18.7. The highest BCUT2D eigenvalue weighted by atomic mass is 28.3. The van der Waals surface area contributed by atoms with Gasteiger partial charge < -0.3 is 36.7 Å². The molecule has 0 N–H and O–H groups in total. The van der Waals surface area contributed by atoms with Crippen LogP contribution in [-0.2, 0) is 36.7 Å². The number of ether oxygens (including phenoxy) is 4. The minimum absolute atomic E-state index is 0.381. The molecule has 2 atom stereocenters. The van der Waals surface area contributed by atoms with Gasteiger partial charge in [-0.05, 0) is 63.5 Å². The quantitative estimate of drug-likeness (QED) is 0.0702. The highest BCUT2D eigenvalue weighted by Gasteiger charge is 2.22. The smallest absolute Gasteiger partial charge is 0.321 e. The lowest BCUT2D eigenvalue weighted by Gasteiger charge is -2.16. The maximum absolute atomic E-state index is 5.94. The summed E-state index contributed by atoms with van der Waals surface area (Å²) >= 11 is 0. The second-order valence-corrected chi connectivity index (χ2v) is 14.3. The van der Waals surface area contributed by atoms with Gasteiger partial charge in [-0.25, -0.2) is 0 Å². The van der Waals surface area contributed by atoms with Crippen LogP contribution in [0.25, 0.3) is 0 Å². The minimum Gasteiger partial charge on any atom is -0.397 e. The standard InChI is InChI=1S/C15H32O4Si.C13H28O4Si/c1-3-5-10-18-20(19-11-6-4-2)12-8-7-9-16-13-15-14-17-15;1-3-7-16-18(17-8-4-2)10-6-5-9-14-11-13-12-15-13/h15,20H,3-14H2,1-2H3;13,18H,3-12H2,1-2H3. The van der Waals surface area contributed by atoms with Crippen molar-refractivity contribution in [2.24, 2.45) is 0 Å². The van der Waals surface area contributed by atoms with Crippen molar-refractivity contribution in [3.8, 4) is 0 Å². The molecular weight excluding hydrogens is 520 g/mol. The van der Waals surface area contributed by atoms with Crippen LogP contribution in [0.5, 0.6) is 0 Å². The maximum atomic E-state index is 5.94. The Labute approximate surface area is 237 Å². The molecule has 0 aliphatic carbocycles. The largest absolute Gasteiger partial charge is 0.397 e. The van der Waals surface area contributed by atoms with Crippen LogP contribution < -0.4 is 0 Å². The Morgan fingerprint density at radius 2 is 0.895 bits per heavy atom. The van der Waals surface area contributed by atoms with Crippen LogP contribution in [-0.4, -0.2) is 96.8 Å². The predicted molar refractivity (Wildman–Crippen MR) is 158 cm³/mol. The van der Waals surface area contributed by atoms with E-state index in [0.717, 1.165) is 130 Å². The van der Waals surface area contributed by atoms with E-state index < -0.39 is 18.6 Å². The van der Waals surface area contributed by atoms with E-state index in [2.05, 4.69) is 27.7 Å². The molecule has 0 aromatic rings. The van der Waals surface area contributed by atoms with E-state index in [1.165, 1.54) is 12.8 Å². The highest BCUT2D eigenvalue weighted by Crippen LogP contribution is 2.11. The van der Waals surface area contributed by atoms with Crippen molar-refractivity contribution >= 4 is 18.6 Å². The summed E-state index contributed by atoms with van der Waals surface area (Å²) in [6.07, 6.45) is 12.1. The second-order valence-electron chi connectivity index (χ2n) is 10.1. The molecule has 0 saturated carbocycles. The molecule has 8 nitrogen and oxygen atoms in total. The maximum Gasteiger partial charge on any atom is 0.321 e. The van der Waals surface area contributed by atoms with E-state index in [0.29, 0.717) is 12.2 Å². The van der Waals surface area contributed by atoms with Gasteiger partial charge in [0, 0.05) is 39.6 Å². The third-order valence-corrected chi connectivity index (χ3v) is 10.2. The van der Waals surface area contributed by atoms with Gasteiger partial charge in [0.05, 0.1) is 26.4 Å². The van der Waals surface area contributed by atoms with Crippen molar-refractivity contribution in [2.75, 3.05) is 66.1 Å². The number of hydrogen-bond donors (Lipinski definition) is 0. The summed E-state index contributed by atoms with van der Waals surface area (Å²) in [6, 6.07) is 2.21. The van der Waals surface area contributed by atoms with Gasteiger partial charge in [0.25, 0.3) is 0 Å². The SMILES string of the molecule is CCCCO[SiH](CCCCOCC1CO1)OCCCC.CCCO[SiH](CCCCOCC1CO1)OCCC. The number of unbranched alkanes of at least 4 members (excludes halogenated alkanes) is 4. The van der Waals surface area contributed by atoms with E-state index in [1.54, 1.807) is 0 Å². The van der Waals surface area contributed by atoms with Crippen molar-refractivity contribution in [1.82, 2.24) is 0 Å². The summed E-state index contributed by atoms with van der Waals surface area (Å²) in [4.78, 5) is 0. The summed E-state index contributed by atoms with van der Waals surface area (Å²) < 4.78 is 44.7. The van der Waals surface area contributed by atoms with Crippen molar-refractivity contribution in [2.45, 2.75) is 116 Å². The Bertz CT molecular complexity index is 466. The van der Waals surface area contributed by atoms with Crippen LogP contribution in [0, 0.1) is 0 Å². The molecule has 2 heterocycles. The molecule has 0 spiro atoms. The predicted octanol–water partition coefficient (Wildman–Crippen LogP) is 5.29. The van der Waals surface area contributed by atoms with Gasteiger partial charge in [0.2, 0.25) is 0 Å². The molecule has 2 unspecified atom stereocenters. The molecule has 2 saturated heterocycles. The highest BCUT2D eigenvalue weighted by molar-refractivity contribution is 6.44. The van der Waals surface area contributed by atoms with Crippen LogP contribution in [0.3, 0.4) is 0 Å². The van der Waals surface area contributed by atoms with Crippen molar-refractivity contribution in [3.05, 3.63) is 0 Å². The zero-order valence-electron chi connectivity index (χ0n) is 25.1. The lowest BCUT2D eigenvalue weighted by molar-refractivity contribution is 0.113. The first-order valence-corrected chi connectivity index (χ1v) is 19.1. The fourth-order valence-electron chi connectivity index (χ4n) is 3.43. The Morgan fingerprint density at radius 1 is 0.500 bits per heavy atom. The lowest BCUT2D eigenvalue weighted by Crippen LogP contribution is -2.24. The molecule has 0 radical (unpaired) electrons. The van der Waals surface area contributed by atoms with E-state index in [4.69, 9.17) is 36.7 Å². The zero-order chi connectivity index (χ0) is 27.5. The van der Waals surface area contributed by atoms with Crippen LogP contribution in [0.15, 0.2) is 0 Å². The van der Waals surface area contributed by atoms with E-state index in [-0.39, 0.29) is 0 Å². The van der Waals surface area contributed by atoms with Crippen LogP contribution >= 0.6 is 0 Å². The van der Waals surface area contributed by atoms with Gasteiger partial charge >= 0.3 is 18.6 Å². The molecule has 0 bridgehead atoms. The molecule has 0 amide bonds. The van der Waals surface area contributed by atoms with Gasteiger partial charge in [-0.15, -0.1) is 0 Å². The molecule has 2 fully saturated rings. The molecule has 2 aliphatic heterocycles. The first-order valence-electron chi connectivity index (χ1n) is 15.6. The van der Waals surface area contributed by atoms with Gasteiger partial charge in [-0.1, -0.05) is 40.5 Å². The lowest BCUT2D eigenvalue weighted by atomic mass is 10.3. The van der Waals surface area contributed by atoms with Crippen LogP contribution in [0.2, 0.25) is 12.1 Å². The fourth-order valence-corrected chi connectivity index (χ4v) is 7.39. The van der Waals surface area contributed by atoms with E-state index in [9.17, 15) is 0 Å². The van der Waals surface area contributed by atoms with E-state index >= 15 is 0 Å². The molecule has 228 valence electrons. The molecule has 0 aromatic heterocycles. The third-order valence-electron chi connectivity index (χ3n) is 5.99. The fraction of sp³-hybridized carbons (Fsp3) is 1.00. The zero-order valence-corrected chi connectivity index (χ0v) is 27.4. The van der Waals surface area contributed by atoms with Crippen molar-refractivity contribution in [1.29, 1.82) is 0 Å². The van der Waals surface area contributed by atoms with Gasteiger partial charge in [0.1, 0.15) is 12.2 Å². The summed E-state index contributed by atoms with van der Waals surface area (Å²) in [5, 5.41) is 0. The average molecular weight is 581 g/mol. The molecule has 10 heteroatoms. The van der Waals surface area contributed by atoms with Gasteiger partial charge in [-0.3, -0.25) is 0 Å². The number of epoxide rings is 2. The van der Waals surface area contributed by atoms with Crippen molar-refractivity contribution < 1.29 is 36.7 Å². The minimum atomic E-state index is -1.44. The van der Waals surface area contributed by atoms with Gasteiger partial charge in [0.15, 0.2) is 0 Å². The van der Waals surface area contributed by atoms with Crippen molar-refractivity contribution in [3.63, 3.8) is 0 Å². The second kappa shape index (κ2) is 27.3. The monoisotopic (exact) mass is 580 g/mol. The first kappa shape index (κ1) is 36.1. The van der Waals surface area contributed by atoms with Crippen LogP contribution in [0.4, 0.5) is 0 Å². The van der Waals surface area contributed by atoms with Gasteiger partial charge in [-0.2, -0.15) is 0 Å². The molecule has 2 rings (SSSR count). The number of rotatable bonds is 28. The van der Waals surface area contributed by atoms with E-state index in [1.807, 2.05) is 0 Å². The Balaban J connectivity index is 0.000000382. The molecular formula is C28H60O8Si2. The van der Waals surface area contributed by atoms with Crippen LogP contribution in [0.1, 0.15) is 91.9 Å². The Morgan fingerprint density at radius 3 is 1.24 bits per heavy atom. The number of hydrogen-bond acceptors (Lipinski definition) is 8. The summed E-state index contributed by atoms with van der Waals surface area (Å²) in [7, 11) is -2.84. The Kier molecular flexibility index (Phi) is 26.0. The summed E-state index contributed by atoms with van der Waals surface area (Å²) in [6.45, 7) is 17.1.